The van der Waals surface area contributed by atoms with E-state index in [2.05, 4.69) is 22.1 Å². The molecular formula is C20H25Cl2N5O2S. The monoisotopic (exact) mass is 469 g/mol. The van der Waals surface area contributed by atoms with Gasteiger partial charge in [0.15, 0.2) is 11.0 Å². The highest BCUT2D eigenvalue weighted by atomic mass is 35.5. The molecule has 0 atom stereocenters. The van der Waals surface area contributed by atoms with Gasteiger partial charge in [-0.05, 0) is 39.0 Å². The van der Waals surface area contributed by atoms with E-state index in [4.69, 9.17) is 23.2 Å². The van der Waals surface area contributed by atoms with E-state index in [0.717, 1.165) is 0 Å². The summed E-state index contributed by atoms with van der Waals surface area (Å²) in [5.41, 5.74) is 0.689. The number of halogens is 2. The van der Waals surface area contributed by atoms with Gasteiger partial charge in [0.25, 0.3) is 0 Å². The Kier molecular flexibility index (Phi) is 9.20. The van der Waals surface area contributed by atoms with Gasteiger partial charge in [-0.15, -0.1) is 16.8 Å². The van der Waals surface area contributed by atoms with Gasteiger partial charge in [0.2, 0.25) is 11.8 Å². The molecule has 2 rings (SSSR count). The van der Waals surface area contributed by atoms with E-state index in [1.807, 2.05) is 25.3 Å². The third kappa shape index (κ3) is 6.48. The summed E-state index contributed by atoms with van der Waals surface area (Å²) in [5.74, 6) is 0.363. The summed E-state index contributed by atoms with van der Waals surface area (Å²) in [6.07, 6.45) is 1.72. The molecule has 1 N–H and O–H groups in total. The second kappa shape index (κ2) is 11.4. The van der Waals surface area contributed by atoms with Crippen molar-refractivity contribution in [2.24, 2.45) is 0 Å². The van der Waals surface area contributed by atoms with Crippen molar-refractivity contribution in [2.75, 3.05) is 18.8 Å². The van der Waals surface area contributed by atoms with Crippen molar-refractivity contribution in [3.05, 3.63) is 40.9 Å². The largest absolute Gasteiger partial charge is 0.352 e. The fraction of sp³-hybridized carbons (Fsp3) is 0.400. The molecule has 0 spiro atoms. The number of hydrogen-bond donors (Lipinski definition) is 1. The summed E-state index contributed by atoms with van der Waals surface area (Å²) >= 11 is 13.6. The molecule has 162 valence electrons. The third-order valence-electron chi connectivity index (χ3n) is 4.04. The van der Waals surface area contributed by atoms with Crippen LogP contribution >= 0.6 is 35.0 Å². The maximum Gasteiger partial charge on any atom is 0.239 e. The standard InChI is InChI=1S/C20H25Cl2N5O2S/c1-5-9-27-19(15-8-7-14(21)10-16(15)22)24-25-20(27)30-12-18(29)26(6-2)11-17(28)23-13(3)4/h5,7-8,10,13H,1,6,9,11-12H2,2-4H3,(H,23,28). The molecule has 2 amide bonds. The van der Waals surface area contributed by atoms with Crippen LogP contribution in [0.15, 0.2) is 36.0 Å². The molecule has 7 nitrogen and oxygen atoms in total. The van der Waals surface area contributed by atoms with Gasteiger partial charge >= 0.3 is 0 Å². The molecule has 0 saturated heterocycles. The Morgan fingerprint density at radius 2 is 2.07 bits per heavy atom. The zero-order valence-electron chi connectivity index (χ0n) is 17.2. The number of thioether (sulfide) groups is 1. The smallest absolute Gasteiger partial charge is 0.239 e. The first-order chi connectivity index (χ1) is 14.3. The van der Waals surface area contributed by atoms with Crippen molar-refractivity contribution in [1.82, 2.24) is 25.0 Å². The second-order valence-corrected chi connectivity index (χ2v) is 8.53. The second-order valence-electron chi connectivity index (χ2n) is 6.75. The number of benzene rings is 1. The Hall–Kier alpha value is -2.03. The van der Waals surface area contributed by atoms with Gasteiger partial charge in [-0.1, -0.05) is 41.0 Å². The Morgan fingerprint density at radius 1 is 1.33 bits per heavy atom. The minimum atomic E-state index is -0.181. The van der Waals surface area contributed by atoms with Gasteiger partial charge in [-0.25, -0.2) is 0 Å². The first kappa shape index (κ1) is 24.2. The summed E-state index contributed by atoms with van der Waals surface area (Å²) in [5, 5.41) is 12.8. The number of carbonyl (C=O) groups is 2. The van der Waals surface area contributed by atoms with Crippen LogP contribution < -0.4 is 5.32 Å². The van der Waals surface area contributed by atoms with Crippen LogP contribution in [0.25, 0.3) is 11.4 Å². The van der Waals surface area contributed by atoms with Gasteiger partial charge in [0.1, 0.15) is 0 Å². The normalized spacial score (nSPS) is 10.9. The van der Waals surface area contributed by atoms with E-state index in [0.29, 0.717) is 39.7 Å². The summed E-state index contributed by atoms with van der Waals surface area (Å²) in [6.45, 7) is 10.3. The molecule has 1 aromatic heterocycles. The quantitative estimate of drug-likeness (QED) is 0.421. The average molecular weight is 470 g/mol. The fourth-order valence-corrected chi connectivity index (χ4v) is 4.04. The average Bonchev–Trinajstić information content (AvgIpc) is 3.06. The lowest BCUT2D eigenvalue weighted by atomic mass is 10.2. The van der Waals surface area contributed by atoms with Crippen molar-refractivity contribution in [3.8, 4) is 11.4 Å². The molecule has 0 aliphatic rings. The number of nitrogens with zero attached hydrogens (tertiary/aromatic N) is 4. The van der Waals surface area contributed by atoms with E-state index in [1.165, 1.54) is 16.7 Å². The van der Waals surface area contributed by atoms with Crippen LogP contribution in [0.4, 0.5) is 0 Å². The third-order valence-corrected chi connectivity index (χ3v) is 5.54. The number of hydrogen-bond acceptors (Lipinski definition) is 5. The summed E-state index contributed by atoms with van der Waals surface area (Å²) in [6, 6.07) is 5.17. The zero-order valence-corrected chi connectivity index (χ0v) is 19.5. The lowest BCUT2D eigenvalue weighted by Gasteiger charge is -2.21. The summed E-state index contributed by atoms with van der Waals surface area (Å²) in [4.78, 5) is 26.1. The van der Waals surface area contributed by atoms with Gasteiger partial charge in [-0.2, -0.15) is 0 Å². The fourth-order valence-electron chi connectivity index (χ4n) is 2.69. The molecule has 0 fully saturated rings. The first-order valence-corrected chi connectivity index (χ1v) is 11.2. The number of aromatic nitrogens is 3. The molecule has 1 aromatic carbocycles. The SMILES string of the molecule is C=CCn1c(SCC(=O)N(CC)CC(=O)NC(C)C)nnc1-c1ccc(Cl)cc1Cl. The Labute approximate surface area is 190 Å². The molecule has 30 heavy (non-hydrogen) atoms. The van der Waals surface area contributed by atoms with Crippen LogP contribution in [0.5, 0.6) is 0 Å². The van der Waals surface area contributed by atoms with Crippen LogP contribution in [0.2, 0.25) is 10.0 Å². The van der Waals surface area contributed by atoms with Crippen molar-refractivity contribution in [2.45, 2.75) is 38.5 Å². The molecule has 0 aliphatic carbocycles. The molecule has 0 aliphatic heterocycles. The van der Waals surface area contributed by atoms with Crippen molar-refractivity contribution < 1.29 is 9.59 Å². The predicted molar refractivity (Wildman–Crippen MR) is 122 cm³/mol. The molecule has 0 unspecified atom stereocenters. The van der Waals surface area contributed by atoms with Crippen molar-refractivity contribution >= 4 is 46.8 Å². The van der Waals surface area contributed by atoms with Gasteiger partial charge in [0.05, 0.1) is 17.3 Å². The molecular weight excluding hydrogens is 445 g/mol. The number of carbonyl (C=O) groups excluding carboxylic acids is 2. The van der Waals surface area contributed by atoms with Crippen LogP contribution in [-0.2, 0) is 16.1 Å². The highest BCUT2D eigenvalue weighted by Crippen LogP contribution is 2.31. The Morgan fingerprint density at radius 3 is 2.67 bits per heavy atom. The maximum absolute atomic E-state index is 12.6. The molecule has 2 aromatic rings. The van der Waals surface area contributed by atoms with Gasteiger partial charge in [-0.3, -0.25) is 14.2 Å². The van der Waals surface area contributed by atoms with E-state index < -0.39 is 0 Å². The lowest BCUT2D eigenvalue weighted by Crippen LogP contribution is -2.43. The van der Waals surface area contributed by atoms with E-state index in [-0.39, 0.29) is 30.2 Å². The number of rotatable bonds is 10. The van der Waals surface area contributed by atoms with Gasteiger partial charge < -0.3 is 10.2 Å². The van der Waals surface area contributed by atoms with Crippen LogP contribution in [0.1, 0.15) is 20.8 Å². The molecule has 1 heterocycles. The van der Waals surface area contributed by atoms with Crippen LogP contribution in [0.3, 0.4) is 0 Å². The van der Waals surface area contributed by atoms with E-state index >= 15 is 0 Å². The van der Waals surface area contributed by atoms with E-state index in [1.54, 1.807) is 24.3 Å². The minimum absolute atomic E-state index is 0.0243. The molecule has 0 saturated carbocycles. The minimum Gasteiger partial charge on any atom is -0.352 e. The Bertz CT molecular complexity index is 917. The first-order valence-electron chi connectivity index (χ1n) is 9.46. The van der Waals surface area contributed by atoms with Crippen LogP contribution in [-0.4, -0.2) is 56.4 Å². The topological polar surface area (TPSA) is 80.1 Å². The number of nitrogens with one attached hydrogen (secondary N) is 1. The number of likely N-dealkylation sites (N-methyl/N-ethyl adjacent to an activating group) is 1. The van der Waals surface area contributed by atoms with Gasteiger partial charge in [0, 0.05) is 29.7 Å². The highest BCUT2D eigenvalue weighted by molar-refractivity contribution is 7.99. The number of amides is 2. The summed E-state index contributed by atoms with van der Waals surface area (Å²) in [7, 11) is 0. The van der Waals surface area contributed by atoms with Crippen LogP contribution in [0, 0.1) is 0 Å². The summed E-state index contributed by atoms with van der Waals surface area (Å²) < 4.78 is 1.84. The Balaban J connectivity index is 2.14. The van der Waals surface area contributed by atoms with Crippen molar-refractivity contribution in [1.29, 1.82) is 0 Å². The van der Waals surface area contributed by atoms with Crippen molar-refractivity contribution in [3.63, 3.8) is 0 Å². The lowest BCUT2D eigenvalue weighted by molar-refractivity contribution is -0.134. The maximum atomic E-state index is 12.6. The zero-order chi connectivity index (χ0) is 22.3. The molecule has 10 heteroatoms. The highest BCUT2D eigenvalue weighted by Gasteiger charge is 2.20. The number of allylic oxidation sites excluding steroid dienone is 1. The predicted octanol–water partition coefficient (Wildman–Crippen LogP) is 3.90. The molecule has 0 radical (unpaired) electrons. The molecule has 0 bridgehead atoms. The van der Waals surface area contributed by atoms with E-state index in [9.17, 15) is 9.59 Å².